The first-order valence-corrected chi connectivity index (χ1v) is 6.82. The van der Waals surface area contributed by atoms with Crippen LogP contribution in [-0.2, 0) is 13.5 Å². The summed E-state index contributed by atoms with van der Waals surface area (Å²) in [6, 6.07) is 5.91. The van der Waals surface area contributed by atoms with E-state index in [1.165, 1.54) is 0 Å². The Hall–Kier alpha value is -1.52. The molecule has 5 heteroatoms. The van der Waals surface area contributed by atoms with Crippen LogP contribution in [-0.4, -0.2) is 22.0 Å². The molecular weight excluding hydrogens is 276 g/mol. The summed E-state index contributed by atoms with van der Waals surface area (Å²) in [5.41, 5.74) is 3.51. The van der Waals surface area contributed by atoms with E-state index >= 15 is 0 Å². The minimum Gasteiger partial charge on any atom is -0.496 e. The van der Waals surface area contributed by atoms with Crippen LogP contribution in [0.2, 0.25) is 5.15 Å². The normalized spacial score (nSPS) is 12.5. The Labute approximate surface area is 123 Å². The van der Waals surface area contributed by atoms with Gasteiger partial charge in [0.25, 0.3) is 0 Å². The Morgan fingerprint density at radius 3 is 2.65 bits per heavy atom. The van der Waals surface area contributed by atoms with Crippen molar-refractivity contribution in [2.45, 2.75) is 26.4 Å². The van der Waals surface area contributed by atoms with Crippen molar-refractivity contribution in [3.05, 3.63) is 45.7 Å². The van der Waals surface area contributed by atoms with Crippen LogP contribution in [0.5, 0.6) is 5.75 Å². The zero-order valence-corrected chi connectivity index (χ0v) is 12.9. The minimum absolute atomic E-state index is 0.442. The van der Waals surface area contributed by atoms with Gasteiger partial charge in [-0.1, -0.05) is 29.3 Å². The largest absolute Gasteiger partial charge is 0.496 e. The van der Waals surface area contributed by atoms with Gasteiger partial charge >= 0.3 is 0 Å². The topological polar surface area (TPSA) is 47.3 Å². The molecular formula is C15H19ClN2O2. The number of hydrogen-bond acceptors (Lipinski definition) is 3. The van der Waals surface area contributed by atoms with Gasteiger partial charge in [-0.25, -0.2) is 0 Å². The fourth-order valence-corrected chi connectivity index (χ4v) is 2.70. The van der Waals surface area contributed by atoms with E-state index in [-0.39, 0.29) is 0 Å². The van der Waals surface area contributed by atoms with Crippen molar-refractivity contribution in [1.29, 1.82) is 0 Å². The van der Waals surface area contributed by atoms with E-state index in [1.807, 2.05) is 32.0 Å². The molecule has 0 aliphatic heterocycles. The molecule has 0 aliphatic carbocycles. The van der Waals surface area contributed by atoms with Gasteiger partial charge in [-0.05, 0) is 25.5 Å². The highest BCUT2D eigenvalue weighted by Gasteiger charge is 2.21. The molecule has 0 saturated carbocycles. The number of aliphatic hydroxyl groups is 1. The molecule has 2 rings (SSSR count). The van der Waals surface area contributed by atoms with E-state index in [9.17, 15) is 5.11 Å². The first-order chi connectivity index (χ1) is 9.43. The number of halogens is 1. The van der Waals surface area contributed by atoms with E-state index in [0.29, 0.717) is 17.1 Å². The highest BCUT2D eigenvalue weighted by molar-refractivity contribution is 6.30. The minimum atomic E-state index is -0.702. The smallest absolute Gasteiger partial charge is 0.132 e. The summed E-state index contributed by atoms with van der Waals surface area (Å²) in [5, 5.41) is 15.2. The third kappa shape index (κ3) is 2.81. The van der Waals surface area contributed by atoms with Crippen molar-refractivity contribution >= 4 is 11.6 Å². The fraction of sp³-hybridized carbons (Fsp3) is 0.400. The molecule has 20 heavy (non-hydrogen) atoms. The van der Waals surface area contributed by atoms with Crippen LogP contribution < -0.4 is 4.74 Å². The molecule has 1 heterocycles. The lowest BCUT2D eigenvalue weighted by Gasteiger charge is -2.14. The van der Waals surface area contributed by atoms with Crippen molar-refractivity contribution in [2.24, 2.45) is 7.05 Å². The number of rotatable bonds is 4. The van der Waals surface area contributed by atoms with Crippen LogP contribution in [0, 0.1) is 13.8 Å². The van der Waals surface area contributed by atoms with E-state index in [1.54, 1.807) is 18.8 Å². The van der Waals surface area contributed by atoms with Crippen molar-refractivity contribution in [3.63, 3.8) is 0 Å². The summed E-state index contributed by atoms with van der Waals surface area (Å²) < 4.78 is 6.91. The number of methoxy groups -OCH3 is 1. The van der Waals surface area contributed by atoms with Crippen molar-refractivity contribution < 1.29 is 9.84 Å². The molecule has 0 radical (unpaired) electrons. The van der Waals surface area contributed by atoms with Crippen LogP contribution >= 0.6 is 11.6 Å². The maximum atomic E-state index is 10.5. The lowest BCUT2D eigenvalue weighted by atomic mass is 10.00. The molecule has 0 amide bonds. The molecule has 108 valence electrons. The van der Waals surface area contributed by atoms with E-state index in [4.69, 9.17) is 16.3 Å². The van der Waals surface area contributed by atoms with Crippen LogP contribution in [0.15, 0.2) is 18.2 Å². The first-order valence-electron chi connectivity index (χ1n) is 6.44. The zero-order valence-electron chi connectivity index (χ0n) is 12.1. The molecule has 1 aromatic carbocycles. The quantitative estimate of drug-likeness (QED) is 0.943. The van der Waals surface area contributed by atoms with Gasteiger partial charge in [0.1, 0.15) is 10.9 Å². The van der Waals surface area contributed by atoms with E-state index in [0.717, 1.165) is 22.6 Å². The van der Waals surface area contributed by atoms with Crippen molar-refractivity contribution in [1.82, 2.24) is 9.78 Å². The summed E-state index contributed by atoms with van der Waals surface area (Å²) in [6.07, 6.45) is -0.260. The molecule has 2 aromatic rings. The maximum absolute atomic E-state index is 10.5. The Morgan fingerprint density at radius 2 is 2.10 bits per heavy atom. The predicted molar refractivity (Wildman–Crippen MR) is 79.3 cm³/mol. The second kappa shape index (κ2) is 5.85. The van der Waals surface area contributed by atoms with Gasteiger partial charge in [-0.3, -0.25) is 4.68 Å². The molecule has 1 N–H and O–H groups in total. The molecule has 0 bridgehead atoms. The van der Waals surface area contributed by atoms with E-state index in [2.05, 4.69) is 5.10 Å². The highest BCUT2D eigenvalue weighted by atomic mass is 35.5. The molecule has 0 fully saturated rings. The fourth-order valence-electron chi connectivity index (χ4n) is 2.40. The van der Waals surface area contributed by atoms with Crippen LogP contribution in [0.1, 0.15) is 28.5 Å². The lowest BCUT2D eigenvalue weighted by molar-refractivity contribution is 0.176. The summed E-state index contributed by atoms with van der Waals surface area (Å²) in [6.45, 7) is 3.86. The lowest BCUT2D eigenvalue weighted by Crippen LogP contribution is -2.05. The zero-order chi connectivity index (χ0) is 14.9. The van der Waals surface area contributed by atoms with E-state index < -0.39 is 6.10 Å². The Bertz CT molecular complexity index is 623. The Morgan fingerprint density at radius 1 is 1.40 bits per heavy atom. The molecule has 1 atom stereocenters. The third-order valence-electron chi connectivity index (χ3n) is 3.38. The number of ether oxygens (including phenoxy) is 1. The van der Waals surface area contributed by atoms with Crippen LogP contribution in [0.4, 0.5) is 0 Å². The van der Waals surface area contributed by atoms with Gasteiger partial charge in [-0.2, -0.15) is 5.10 Å². The molecule has 0 saturated heterocycles. The number of nitrogens with zero attached hydrogens (tertiary/aromatic N) is 2. The highest BCUT2D eigenvalue weighted by Crippen LogP contribution is 2.31. The maximum Gasteiger partial charge on any atom is 0.132 e. The third-order valence-corrected chi connectivity index (χ3v) is 3.83. The predicted octanol–water partition coefficient (Wildman–Crippen LogP) is 2.98. The van der Waals surface area contributed by atoms with Gasteiger partial charge in [0.15, 0.2) is 0 Å². The second-order valence-electron chi connectivity index (χ2n) is 4.95. The Balaban J connectivity index is 2.32. The summed E-state index contributed by atoms with van der Waals surface area (Å²) >= 11 is 6.19. The number of aliphatic hydroxyl groups excluding tert-OH is 1. The molecule has 0 spiro atoms. The number of benzene rings is 1. The van der Waals surface area contributed by atoms with Gasteiger partial charge in [-0.15, -0.1) is 0 Å². The van der Waals surface area contributed by atoms with Crippen molar-refractivity contribution in [2.75, 3.05) is 7.11 Å². The standard InChI is InChI=1S/C15H19ClN2O2/c1-9-5-6-13(20-4)11(7-9)8-12(19)14-10(2)17-18(3)15(14)16/h5-7,12,19H,8H2,1-4H3. The van der Waals surface area contributed by atoms with Gasteiger partial charge in [0, 0.05) is 19.0 Å². The summed E-state index contributed by atoms with van der Waals surface area (Å²) in [4.78, 5) is 0. The summed E-state index contributed by atoms with van der Waals surface area (Å²) in [5.74, 6) is 0.771. The van der Waals surface area contributed by atoms with Gasteiger partial charge in [0.2, 0.25) is 0 Å². The Kier molecular flexibility index (Phi) is 4.35. The molecule has 1 aromatic heterocycles. The monoisotopic (exact) mass is 294 g/mol. The van der Waals surface area contributed by atoms with Crippen LogP contribution in [0.3, 0.4) is 0 Å². The number of aryl methyl sites for hydroxylation is 3. The first kappa shape index (κ1) is 14.9. The second-order valence-corrected chi connectivity index (χ2v) is 5.31. The number of hydrogen-bond donors (Lipinski definition) is 1. The van der Waals surface area contributed by atoms with Gasteiger partial charge in [0.05, 0.1) is 18.9 Å². The van der Waals surface area contributed by atoms with Gasteiger partial charge < -0.3 is 9.84 Å². The van der Waals surface area contributed by atoms with Crippen LogP contribution in [0.25, 0.3) is 0 Å². The number of aromatic nitrogens is 2. The average Bonchev–Trinajstić information content (AvgIpc) is 2.63. The van der Waals surface area contributed by atoms with Crippen molar-refractivity contribution in [3.8, 4) is 5.75 Å². The molecule has 1 unspecified atom stereocenters. The molecule has 4 nitrogen and oxygen atoms in total. The average molecular weight is 295 g/mol. The summed E-state index contributed by atoms with van der Waals surface area (Å²) in [7, 11) is 3.39. The molecule has 0 aliphatic rings. The SMILES string of the molecule is COc1ccc(C)cc1CC(O)c1c(C)nn(C)c1Cl.